The van der Waals surface area contributed by atoms with Crippen LogP contribution in [0.5, 0.6) is 0 Å². The van der Waals surface area contributed by atoms with E-state index < -0.39 is 23.5 Å². The number of halogens is 6. The number of aromatic nitrogens is 3. The van der Waals surface area contributed by atoms with Crippen molar-refractivity contribution in [2.75, 3.05) is 0 Å². The summed E-state index contributed by atoms with van der Waals surface area (Å²) in [6.45, 7) is 0. The first-order valence-electron chi connectivity index (χ1n) is 17.7. The highest BCUT2D eigenvalue weighted by Gasteiger charge is 2.37. The molecule has 0 N–H and O–H groups in total. The van der Waals surface area contributed by atoms with Gasteiger partial charge in [0.05, 0.1) is 44.8 Å². The molecule has 9 heteroatoms. The quantitative estimate of drug-likeness (QED) is 0.130. The molecule has 0 bridgehead atoms. The molecule has 2 aromatic heterocycles. The van der Waals surface area contributed by atoms with E-state index >= 15 is 0 Å². The minimum atomic E-state index is -5.03. The highest BCUT2D eigenvalue weighted by atomic mass is 19.4. The number of alkyl halides is 6. The molecule has 0 amide bonds. The van der Waals surface area contributed by atoms with Crippen LogP contribution in [0, 0.1) is 0 Å². The number of hydrogen-bond acceptors (Lipinski definition) is 3. The predicted molar refractivity (Wildman–Crippen MR) is 210 cm³/mol. The van der Waals surface area contributed by atoms with Crippen molar-refractivity contribution >= 4 is 32.7 Å². The van der Waals surface area contributed by atoms with Gasteiger partial charge in [0.1, 0.15) is 0 Å². The first-order chi connectivity index (χ1) is 27.0. The fourth-order valence-corrected chi connectivity index (χ4v) is 7.35. The Kier molecular flexibility index (Phi) is 8.38. The van der Waals surface area contributed by atoms with Gasteiger partial charge in [-0.25, -0.2) is 15.0 Å². The molecule has 7 aromatic carbocycles. The van der Waals surface area contributed by atoms with E-state index in [0.717, 1.165) is 45.2 Å². The van der Waals surface area contributed by atoms with Gasteiger partial charge in [0.25, 0.3) is 0 Å². The van der Waals surface area contributed by atoms with E-state index in [2.05, 4.69) is 0 Å². The van der Waals surface area contributed by atoms with Gasteiger partial charge in [-0.2, -0.15) is 26.3 Å². The van der Waals surface area contributed by atoms with E-state index in [4.69, 9.17) is 15.0 Å². The van der Waals surface area contributed by atoms with E-state index in [1.165, 1.54) is 6.07 Å². The van der Waals surface area contributed by atoms with Gasteiger partial charge in [-0.3, -0.25) is 0 Å². The molecular weight excluding hydrogens is 721 g/mol. The number of pyridine rings is 1. The highest BCUT2D eigenvalue weighted by molar-refractivity contribution is 6.25. The maximum absolute atomic E-state index is 14.2. The standard InChI is InChI=1S/C47H27F6N3/c48-46(49,50)32-24-31(25-33(26-32)47(51,52)53)34-20-10-11-21-35(34)44-41-40(36-22-12-13-23-38(36)54-44)37(28-14-4-1-5-15-28)27-39-45(41)56-43(30-18-8-3-9-19-30)42(55-39)29-16-6-2-7-17-29/h1-27H. The number of nitrogens with zero attached hydrogens (tertiary/aromatic N) is 3. The van der Waals surface area contributed by atoms with Gasteiger partial charge in [0, 0.05) is 32.8 Å². The van der Waals surface area contributed by atoms with Crippen LogP contribution in [0.1, 0.15) is 11.1 Å². The molecule has 3 nitrogen and oxygen atoms in total. The minimum absolute atomic E-state index is 0.139. The van der Waals surface area contributed by atoms with Crippen LogP contribution >= 0.6 is 0 Å². The first-order valence-corrected chi connectivity index (χ1v) is 17.7. The zero-order valence-corrected chi connectivity index (χ0v) is 29.2. The number of rotatable bonds is 5. The number of hydrogen-bond donors (Lipinski definition) is 0. The lowest BCUT2D eigenvalue weighted by Gasteiger charge is -2.20. The van der Waals surface area contributed by atoms with Gasteiger partial charge in [0.2, 0.25) is 0 Å². The van der Waals surface area contributed by atoms with Crippen LogP contribution < -0.4 is 0 Å². The van der Waals surface area contributed by atoms with Crippen molar-refractivity contribution in [2.45, 2.75) is 12.4 Å². The maximum Gasteiger partial charge on any atom is 0.416 e. The van der Waals surface area contributed by atoms with Gasteiger partial charge in [0.15, 0.2) is 0 Å². The van der Waals surface area contributed by atoms with E-state index in [-0.39, 0.29) is 17.2 Å². The maximum atomic E-state index is 14.2. The van der Waals surface area contributed by atoms with Crippen molar-refractivity contribution in [1.29, 1.82) is 0 Å². The van der Waals surface area contributed by atoms with Crippen LogP contribution in [0.3, 0.4) is 0 Å². The second-order valence-electron chi connectivity index (χ2n) is 13.4. The van der Waals surface area contributed by atoms with Crippen LogP contribution in [0.15, 0.2) is 164 Å². The summed E-state index contributed by atoms with van der Waals surface area (Å²) in [6, 6.07) is 46.7. The zero-order chi connectivity index (χ0) is 38.6. The number of para-hydroxylation sites is 1. The molecule has 0 radical (unpaired) electrons. The highest BCUT2D eigenvalue weighted by Crippen LogP contribution is 2.47. The molecule has 0 saturated heterocycles. The first kappa shape index (κ1) is 34.9. The largest absolute Gasteiger partial charge is 0.416 e. The Morgan fingerprint density at radius 3 is 1.41 bits per heavy atom. The Hall–Kier alpha value is -6.87. The molecule has 0 spiro atoms. The third-order valence-corrected chi connectivity index (χ3v) is 9.86. The van der Waals surface area contributed by atoms with Crippen molar-refractivity contribution in [3.63, 3.8) is 0 Å². The van der Waals surface area contributed by atoms with Crippen molar-refractivity contribution in [3.05, 3.63) is 175 Å². The van der Waals surface area contributed by atoms with E-state index in [1.807, 2.05) is 121 Å². The Morgan fingerprint density at radius 2 is 0.821 bits per heavy atom. The predicted octanol–water partition coefficient (Wildman–Crippen LogP) is 13.7. The molecule has 0 unspecified atom stereocenters. The van der Waals surface area contributed by atoms with E-state index in [0.29, 0.717) is 44.6 Å². The fourth-order valence-electron chi connectivity index (χ4n) is 7.35. The summed E-state index contributed by atoms with van der Waals surface area (Å²) in [5.74, 6) is 0. The van der Waals surface area contributed by atoms with Gasteiger partial charge in [-0.1, -0.05) is 133 Å². The lowest BCUT2D eigenvalue weighted by Crippen LogP contribution is -2.11. The van der Waals surface area contributed by atoms with Crippen LogP contribution in [-0.2, 0) is 12.4 Å². The zero-order valence-electron chi connectivity index (χ0n) is 29.2. The fraction of sp³-hybridized carbons (Fsp3) is 0.0426. The second kappa shape index (κ2) is 13.5. The Labute approximate surface area is 316 Å². The average Bonchev–Trinajstić information content (AvgIpc) is 3.22. The molecule has 9 rings (SSSR count). The molecule has 0 fully saturated rings. The van der Waals surface area contributed by atoms with Gasteiger partial charge in [-0.05, 0) is 52.6 Å². The molecule has 2 heterocycles. The summed E-state index contributed by atoms with van der Waals surface area (Å²) in [7, 11) is 0. The Bertz CT molecular complexity index is 2890. The summed E-state index contributed by atoms with van der Waals surface area (Å²) in [4.78, 5) is 15.8. The molecule has 0 saturated carbocycles. The van der Waals surface area contributed by atoms with Crippen LogP contribution in [0.2, 0.25) is 0 Å². The summed E-state index contributed by atoms with van der Waals surface area (Å²) in [6.07, 6.45) is -10.1. The Morgan fingerprint density at radius 1 is 0.339 bits per heavy atom. The van der Waals surface area contributed by atoms with Crippen LogP contribution in [0.4, 0.5) is 26.3 Å². The second-order valence-corrected chi connectivity index (χ2v) is 13.4. The van der Waals surface area contributed by atoms with Crippen molar-refractivity contribution in [1.82, 2.24) is 15.0 Å². The lowest BCUT2D eigenvalue weighted by atomic mass is 9.88. The molecule has 0 atom stereocenters. The van der Waals surface area contributed by atoms with Crippen molar-refractivity contribution in [3.8, 4) is 56.0 Å². The van der Waals surface area contributed by atoms with Gasteiger partial charge < -0.3 is 0 Å². The van der Waals surface area contributed by atoms with Gasteiger partial charge >= 0.3 is 12.4 Å². The summed E-state index contributed by atoms with van der Waals surface area (Å²) < 4.78 is 85.1. The Balaban J connectivity index is 1.47. The molecule has 0 aliphatic heterocycles. The van der Waals surface area contributed by atoms with E-state index in [1.54, 1.807) is 18.2 Å². The van der Waals surface area contributed by atoms with E-state index in [9.17, 15) is 26.3 Å². The SMILES string of the molecule is FC(F)(F)c1cc(-c2ccccc2-c2nc3ccccc3c3c(-c4ccccc4)cc4nc(-c5ccccc5)c(-c5ccccc5)nc4c23)cc(C(F)(F)F)c1. The monoisotopic (exact) mass is 747 g/mol. The molecule has 272 valence electrons. The average molecular weight is 748 g/mol. The van der Waals surface area contributed by atoms with Crippen LogP contribution in [0.25, 0.3) is 88.7 Å². The molecule has 0 aliphatic carbocycles. The molecule has 9 aromatic rings. The summed E-state index contributed by atoms with van der Waals surface area (Å²) in [5.41, 5.74) is 3.90. The molecule has 0 aliphatic rings. The lowest BCUT2D eigenvalue weighted by molar-refractivity contribution is -0.143. The minimum Gasteiger partial charge on any atom is -0.247 e. The normalized spacial score (nSPS) is 12.1. The number of benzene rings is 7. The summed E-state index contributed by atoms with van der Waals surface area (Å²) in [5, 5.41) is 2.11. The van der Waals surface area contributed by atoms with Crippen molar-refractivity contribution in [2.24, 2.45) is 0 Å². The molecule has 56 heavy (non-hydrogen) atoms. The smallest absolute Gasteiger partial charge is 0.247 e. The van der Waals surface area contributed by atoms with Gasteiger partial charge in [-0.15, -0.1) is 0 Å². The third-order valence-electron chi connectivity index (χ3n) is 9.86. The number of fused-ring (bicyclic) bond motifs is 5. The summed E-state index contributed by atoms with van der Waals surface area (Å²) >= 11 is 0. The van der Waals surface area contributed by atoms with Crippen molar-refractivity contribution < 1.29 is 26.3 Å². The topological polar surface area (TPSA) is 38.7 Å². The van der Waals surface area contributed by atoms with Crippen LogP contribution in [-0.4, -0.2) is 15.0 Å². The third kappa shape index (κ3) is 6.21. The molecular formula is C47H27F6N3.